The van der Waals surface area contributed by atoms with E-state index in [4.69, 9.17) is 0 Å². The first-order chi connectivity index (χ1) is 2.41. The van der Waals surface area contributed by atoms with Crippen molar-refractivity contribution in [2.45, 2.75) is 0 Å². The molecule has 0 bridgehead atoms. The first-order valence-electron chi connectivity index (χ1n) is 0.908. The average molecular weight is 75.6 g/mol. The van der Waals surface area contributed by atoms with Crippen molar-refractivity contribution in [3.8, 4) is 0 Å². The smallest absolute Gasteiger partial charge is 0.00567 e. The molecule has 0 saturated carbocycles. The van der Waals surface area contributed by atoms with Crippen LogP contribution in [0.25, 0.3) is 0 Å². The second-order valence-corrected chi connectivity index (χ2v) is 0.314. The molecule has 0 rings (SSSR count). The summed E-state index contributed by atoms with van der Waals surface area (Å²) in [6.07, 6.45) is 0. The minimum Gasteiger partial charge on any atom is -0.857 e. The minimum atomic E-state index is -0.250. The van der Waals surface area contributed by atoms with Crippen LogP contribution >= 0.6 is 0 Å². The zero-order valence-corrected chi connectivity index (χ0v) is 2.32. The third-order valence-corrected chi connectivity index (χ3v) is 0.103. The van der Waals surface area contributed by atoms with Crippen molar-refractivity contribution in [3.63, 3.8) is 0 Å². The van der Waals surface area contributed by atoms with Gasteiger partial charge in [0.25, 0.3) is 0 Å². The number of halogens is 2. The van der Waals surface area contributed by atoms with Crippen molar-refractivity contribution < 1.29 is 13.2 Å². The lowest BCUT2D eigenvalue weighted by molar-refractivity contribution is 0.521. The molecule has 0 aliphatic heterocycles. The van der Waals surface area contributed by atoms with Crippen molar-refractivity contribution in [2.75, 3.05) is 0 Å². The fraction of sp³-hybridized carbons (Fsp3) is 0. The highest BCUT2D eigenvalue weighted by molar-refractivity contribution is 6.33. The van der Waals surface area contributed by atoms with E-state index < -0.39 is 0 Å². The Kier molecular flexibility index (Phi) is 3.91. The van der Waals surface area contributed by atoms with Gasteiger partial charge in [-0.2, -0.15) is 0 Å². The molecule has 0 aliphatic rings. The van der Waals surface area contributed by atoms with Crippen LogP contribution < -0.4 is 0 Å². The van der Waals surface area contributed by atoms with Gasteiger partial charge in [-0.1, -0.05) is 0 Å². The molecule has 0 spiro atoms. The van der Waals surface area contributed by atoms with Crippen LogP contribution in [0.1, 0.15) is 0 Å². The molecule has 4 radical (unpaired) electrons. The predicted octanol–water partition coefficient (Wildman–Crippen LogP) is 0.0104. The van der Waals surface area contributed by atoms with Gasteiger partial charge in [0.1, 0.15) is 0 Å². The SMILES string of the molecule is F[B-]O[B-]F. The van der Waals surface area contributed by atoms with Crippen LogP contribution in [0.15, 0.2) is 0 Å². The molecule has 0 N–H and O–H groups in total. The summed E-state index contributed by atoms with van der Waals surface area (Å²) < 4.78 is 24.0. The lowest BCUT2D eigenvalue weighted by Crippen LogP contribution is -1.90. The van der Waals surface area contributed by atoms with Crippen LogP contribution in [-0.2, 0) is 4.57 Å². The zero-order valence-electron chi connectivity index (χ0n) is 2.32. The average Bonchev–Trinajstić information content (AvgIpc) is 1.41. The standard InChI is InChI=1S/B2F2O/c3-1-5-2-4/q-2. The van der Waals surface area contributed by atoms with Crippen LogP contribution in [-0.4, -0.2) is 15.5 Å². The van der Waals surface area contributed by atoms with E-state index in [1.807, 2.05) is 0 Å². The maximum absolute atomic E-state index is 10.4. The molecule has 0 amide bonds. The van der Waals surface area contributed by atoms with Crippen LogP contribution in [0.3, 0.4) is 0 Å². The quantitative estimate of drug-likeness (QED) is 0.420. The Labute approximate surface area is 30.0 Å². The third kappa shape index (κ3) is 3.95. The highest BCUT2D eigenvalue weighted by atomic mass is 19.1. The molecule has 5 heavy (non-hydrogen) atoms. The molecule has 0 aliphatic carbocycles. The lowest BCUT2D eigenvalue weighted by atomic mass is 10.3. The second kappa shape index (κ2) is 3.95. The van der Waals surface area contributed by atoms with E-state index in [9.17, 15) is 8.63 Å². The second-order valence-electron chi connectivity index (χ2n) is 0.314. The van der Waals surface area contributed by atoms with Crippen LogP contribution in [0.4, 0.5) is 8.63 Å². The topological polar surface area (TPSA) is 9.23 Å². The van der Waals surface area contributed by atoms with E-state index in [0.717, 1.165) is 0 Å². The molecule has 0 aromatic heterocycles. The van der Waals surface area contributed by atoms with E-state index in [-0.39, 0.29) is 15.5 Å². The lowest BCUT2D eigenvalue weighted by Gasteiger charge is -2.16. The summed E-state index contributed by atoms with van der Waals surface area (Å²) in [4.78, 5) is 0. The fourth-order valence-electron chi connectivity index (χ4n) is 0.0194. The summed E-state index contributed by atoms with van der Waals surface area (Å²) >= 11 is 0. The normalized spacial score (nSPS) is 8.40. The summed E-state index contributed by atoms with van der Waals surface area (Å²) in [5.74, 6) is 0. The summed E-state index contributed by atoms with van der Waals surface area (Å²) in [5, 5.41) is 0. The summed E-state index contributed by atoms with van der Waals surface area (Å²) in [7, 11) is -0.500. The van der Waals surface area contributed by atoms with Crippen molar-refractivity contribution in [1.82, 2.24) is 0 Å². The van der Waals surface area contributed by atoms with Gasteiger partial charge in [-0.25, -0.2) is 0 Å². The Bertz CT molecular complexity index is 15.1. The number of rotatable bonds is 2. The molecule has 0 unspecified atom stereocenters. The molecular weight excluding hydrogens is 75.6 g/mol. The first-order valence-corrected chi connectivity index (χ1v) is 0.908. The highest BCUT2D eigenvalue weighted by Gasteiger charge is 1.40. The Hall–Kier alpha value is -0.0501. The summed E-state index contributed by atoms with van der Waals surface area (Å²) in [5.41, 5.74) is 0. The van der Waals surface area contributed by atoms with Crippen molar-refractivity contribution >= 4 is 15.5 Å². The minimum absolute atomic E-state index is 0.250. The number of hydrogen-bond acceptors (Lipinski definition) is 1. The monoisotopic (exact) mass is 76.0 g/mol. The Balaban J connectivity index is 2.19. The van der Waals surface area contributed by atoms with Gasteiger partial charge in [-0.3, -0.25) is 0 Å². The van der Waals surface area contributed by atoms with Crippen molar-refractivity contribution in [2.24, 2.45) is 0 Å². The van der Waals surface area contributed by atoms with Crippen molar-refractivity contribution in [3.05, 3.63) is 0 Å². The maximum atomic E-state index is 10.4. The molecule has 0 fully saturated rings. The predicted molar refractivity (Wildman–Crippen MR) is 14.8 cm³/mol. The highest BCUT2D eigenvalue weighted by Crippen LogP contribution is 1.63. The molecule has 1 nitrogen and oxygen atoms in total. The Morgan fingerprint density at radius 1 is 1.20 bits per heavy atom. The Morgan fingerprint density at radius 3 is 1.60 bits per heavy atom. The van der Waals surface area contributed by atoms with E-state index >= 15 is 0 Å². The molecular formula is B2F2O-2. The van der Waals surface area contributed by atoms with Gasteiger partial charge in [0, 0.05) is 0 Å². The molecule has 28 valence electrons. The van der Waals surface area contributed by atoms with Crippen molar-refractivity contribution in [1.29, 1.82) is 0 Å². The first kappa shape index (κ1) is 4.95. The van der Waals surface area contributed by atoms with Crippen LogP contribution in [0.5, 0.6) is 0 Å². The van der Waals surface area contributed by atoms with Gasteiger partial charge in [-0.05, 0) is 15.5 Å². The summed E-state index contributed by atoms with van der Waals surface area (Å²) in [6.45, 7) is 0. The maximum Gasteiger partial charge on any atom is -0.00567 e. The van der Waals surface area contributed by atoms with E-state index in [1.165, 1.54) is 0 Å². The van der Waals surface area contributed by atoms with E-state index in [0.29, 0.717) is 0 Å². The summed E-state index contributed by atoms with van der Waals surface area (Å²) in [6, 6.07) is 0. The van der Waals surface area contributed by atoms with Gasteiger partial charge in [0.2, 0.25) is 0 Å². The molecule has 0 saturated heterocycles. The largest absolute Gasteiger partial charge is 0.857 e. The van der Waals surface area contributed by atoms with Gasteiger partial charge in [0.05, 0.1) is 0 Å². The zero-order chi connectivity index (χ0) is 4.12. The molecule has 0 aromatic rings. The third-order valence-electron chi connectivity index (χ3n) is 0.103. The Morgan fingerprint density at radius 2 is 1.60 bits per heavy atom. The molecule has 0 aromatic carbocycles. The molecule has 5 heteroatoms. The van der Waals surface area contributed by atoms with Gasteiger partial charge in [0.15, 0.2) is 0 Å². The van der Waals surface area contributed by atoms with Gasteiger partial charge in [-0.15, -0.1) is 0 Å². The number of hydrogen-bond donors (Lipinski definition) is 0. The molecule has 0 atom stereocenters. The fourth-order valence-corrected chi connectivity index (χ4v) is 0.0194. The van der Waals surface area contributed by atoms with Gasteiger partial charge >= 0.3 is 0 Å². The van der Waals surface area contributed by atoms with Crippen LogP contribution in [0, 0.1) is 0 Å². The van der Waals surface area contributed by atoms with E-state index in [2.05, 4.69) is 4.57 Å². The molecule has 0 heterocycles. The van der Waals surface area contributed by atoms with E-state index in [1.54, 1.807) is 0 Å². The van der Waals surface area contributed by atoms with Gasteiger partial charge < -0.3 is 13.2 Å². The van der Waals surface area contributed by atoms with Crippen LogP contribution in [0.2, 0.25) is 0 Å².